The van der Waals surface area contributed by atoms with E-state index >= 15 is 0 Å². The third kappa shape index (κ3) is 1.07. The lowest BCUT2D eigenvalue weighted by Gasteiger charge is -1.90. The van der Waals surface area contributed by atoms with Crippen LogP contribution in [0, 0.1) is 11.6 Å². The van der Waals surface area contributed by atoms with Gasteiger partial charge in [0.1, 0.15) is 0 Å². The molecule has 1 nitrogen and oxygen atoms in total. The molecule has 0 amide bonds. The summed E-state index contributed by atoms with van der Waals surface area (Å²) in [6.45, 7) is 0. The van der Waals surface area contributed by atoms with Crippen molar-refractivity contribution in [1.82, 2.24) is 4.98 Å². The number of hydrogen-bond donors (Lipinski definition) is 0. The van der Waals surface area contributed by atoms with Gasteiger partial charge >= 0.3 is 0 Å². The molecule has 2 rings (SSSR count). The lowest BCUT2D eigenvalue weighted by molar-refractivity contribution is 0.518. The highest BCUT2D eigenvalue weighted by Crippen LogP contribution is 2.28. The predicted octanol–water partition coefficient (Wildman–Crippen LogP) is 3.23. The maximum absolute atomic E-state index is 12.9. The van der Waals surface area contributed by atoms with Crippen molar-refractivity contribution in [3.8, 4) is 0 Å². The van der Waals surface area contributed by atoms with Crippen LogP contribution in [0.15, 0.2) is 12.1 Å². The van der Waals surface area contributed by atoms with Crippen LogP contribution in [0.5, 0.6) is 0 Å². The number of nitrogens with zero attached hydrogens (tertiary/aromatic N) is 1. The fraction of sp³-hybridized carbons (Fsp3) is 0. The van der Waals surface area contributed by atoms with Gasteiger partial charge in [0, 0.05) is 0 Å². The number of benzene rings is 1. The monoisotopic (exact) mass is 205 g/mol. The van der Waals surface area contributed by atoms with Gasteiger partial charge in [0.2, 0.25) is 0 Å². The first-order chi connectivity index (χ1) is 5.68. The zero-order chi connectivity index (χ0) is 8.72. The van der Waals surface area contributed by atoms with Gasteiger partial charge in [-0.2, -0.15) is 0 Å². The van der Waals surface area contributed by atoms with E-state index in [1.165, 1.54) is 6.07 Å². The summed E-state index contributed by atoms with van der Waals surface area (Å²) in [5.41, 5.74) is 0.393. The normalized spacial score (nSPS) is 10.9. The summed E-state index contributed by atoms with van der Waals surface area (Å²) >= 11 is 6.46. The van der Waals surface area contributed by atoms with Crippen LogP contribution in [0.1, 0.15) is 0 Å². The van der Waals surface area contributed by atoms with E-state index in [4.69, 9.17) is 11.6 Å². The number of fused-ring (bicyclic) bond motifs is 1. The van der Waals surface area contributed by atoms with Crippen LogP contribution in [-0.4, -0.2) is 4.98 Å². The topological polar surface area (TPSA) is 12.9 Å². The summed E-state index contributed by atoms with van der Waals surface area (Å²) in [5.74, 6) is -1.75. The predicted molar refractivity (Wildman–Crippen MR) is 44.5 cm³/mol. The molecule has 0 aliphatic carbocycles. The zero-order valence-electron chi connectivity index (χ0n) is 5.64. The molecule has 0 N–H and O–H groups in total. The Balaban J connectivity index is 2.89. The first-order valence-electron chi connectivity index (χ1n) is 3.08. The van der Waals surface area contributed by atoms with E-state index in [0.29, 0.717) is 5.52 Å². The Morgan fingerprint density at radius 1 is 1.33 bits per heavy atom. The Labute approximate surface area is 75.6 Å². The second kappa shape index (κ2) is 2.64. The lowest BCUT2D eigenvalue weighted by atomic mass is 10.3. The molecule has 2 aromatic rings. The first kappa shape index (κ1) is 7.89. The molecule has 5 heteroatoms. The van der Waals surface area contributed by atoms with Gasteiger partial charge in [0.25, 0.3) is 0 Å². The summed E-state index contributed by atoms with van der Waals surface area (Å²) in [7, 11) is 0. The standard InChI is InChI=1S/C7H2ClF2NS/c8-7-11-4-2-1-3(9)5(10)6(4)12-7/h1-2H. The highest BCUT2D eigenvalue weighted by atomic mass is 35.5. The van der Waals surface area contributed by atoms with Crippen molar-refractivity contribution >= 4 is 33.2 Å². The van der Waals surface area contributed by atoms with Crippen molar-refractivity contribution in [2.24, 2.45) is 0 Å². The van der Waals surface area contributed by atoms with Crippen LogP contribution in [-0.2, 0) is 0 Å². The minimum absolute atomic E-state index is 0.167. The van der Waals surface area contributed by atoms with E-state index in [1.807, 2.05) is 0 Å². The molecule has 0 fully saturated rings. The SMILES string of the molecule is Fc1ccc2nc(Cl)sc2c1F. The van der Waals surface area contributed by atoms with Gasteiger partial charge in [0.15, 0.2) is 16.1 Å². The van der Waals surface area contributed by atoms with Gasteiger partial charge in [-0.25, -0.2) is 13.8 Å². The molecule has 0 radical (unpaired) electrons. The van der Waals surface area contributed by atoms with Crippen LogP contribution in [0.3, 0.4) is 0 Å². The summed E-state index contributed by atoms with van der Waals surface area (Å²) in [6.07, 6.45) is 0. The average molecular weight is 206 g/mol. The number of hydrogen-bond acceptors (Lipinski definition) is 2. The van der Waals surface area contributed by atoms with Crippen molar-refractivity contribution in [3.63, 3.8) is 0 Å². The van der Waals surface area contributed by atoms with E-state index in [0.717, 1.165) is 17.4 Å². The Kier molecular flexibility index (Phi) is 1.73. The van der Waals surface area contributed by atoms with Crippen LogP contribution in [0.2, 0.25) is 4.47 Å². The fourth-order valence-corrected chi connectivity index (χ4v) is 1.95. The van der Waals surface area contributed by atoms with E-state index in [1.54, 1.807) is 0 Å². The van der Waals surface area contributed by atoms with Gasteiger partial charge in [-0.3, -0.25) is 0 Å². The smallest absolute Gasteiger partial charge is 0.184 e. The Morgan fingerprint density at radius 3 is 2.83 bits per heavy atom. The molecule has 0 spiro atoms. The molecule has 0 saturated carbocycles. The Hall–Kier alpha value is -0.740. The summed E-state index contributed by atoms with van der Waals surface area (Å²) in [5, 5.41) is 0. The zero-order valence-corrected chi connectivity index (χ0v) is 7.22. The number of aromatic nitrogens is 1. The first-order valence-corrected chi connectivity index (χ1v) is 4.28. The van der Waals surface area contributed by atoms with Crippen LogP contribution >= 0.6 is 22.9 Å². The van der Waals surface area contributed by atoms with Crippen molar-refractivity contribution in [3.05, 3.63) is 28.2 Å². The molecule has 62 valence electrons. The molecule has 0 atom stereocenters. The highest BCUT2D eigenvalue weighted by molar-refractivity contribution is 7.22. The molecule has 12 heavy (non-hydrogen) atoms. The summed E-state index contributed by atoms with van der Waals surface area (Å²) in [6, 6.07) is 2.43. The molecule has 0 aliphatic heterocycles. The van der Waals surface area contributed by atoms with E-state index in [-0.39, 0.29) is 9.17 Å². The number of halogens is 3. The maximum atomic E-state index is 12.9. The quantitative estimate of drug-likeness (QED) is 0.644. The second-order valence-corrected chi connectivity index (χ2v) is 3.76. The lowest BCUT2D eigenvalue weighted by Crippen LogP contribution is -1.81. The summed E-state index contributed by atoms with van der Waals surface area (Å²) < 4.78 is 26.0. The maximum Gasteiger partial charge on any atom is 0.184 e. The molecular weight excluding hydrogens is 204 g/mol. The summed E-state index contributed by atoms with van der Waals surface area (Å²) in [4.78, 5) is 3.79. The minimum Gasteiger partial charge on any atom is -0.225 e. The van der Waals surface area contributed by atoms with Crippen LogP contribution < -0.4 is 0 Å². The Morgan fingerprint density at radius 2 is 2.08 bits per heavy atom. The molecule has 1 heterocycles. The van der Waals surface area contributed by atoms with Crippen molar-refractivity contribution < 1.29 is 8.78 Å². The van der Waals surface area contributed by atoms with Gasteiger partial charge in [0.05, 0.1) is 10.2 Å². The van der Waals surface area contributed by atoms with Gasteiger partial charge in [-0.15, -0.1) is 0 Å². The molecular formula is C7H2ClF2NS. The van der Waals surface area contributed by atoms with Crippen molar-refractivity contribution in [2.75, 3.05) is 0 Å². The number of thiazole rings is 1. The molecule has 0 saturated heterocycles. The molecule has 1 aromatic carbocycles. The molecule has 1 aromatic heterocycles. The molecule has 0 unspecified atom stereocenters. The van der Waals surface area contributed by atoms with Gasteiger partial charge in [-0.1, -0.05) is 22.9 Å². The average Bonchev–Trinajstić information content (AvgIpc) is 2.39. The highest BCUT2D eigenvalue weighted by Gasteiger charge is 2.10. The van der Waals surface area contributed by atoms with Crippen LogP contribution in [0.25, 0.3) is 10.2 Å². The fourth-order valence-electron chi connectivity index (χ4n) is 0.909. The van der Waals surface area contributed by atoms with Gasteiger partial charge < -0.3 is 0 Å². The largest absolute Gasteiger partial charge is 0.225 e. The van der Waals surface area contributed by atoms with Crippen molar-refractivity contribution in [2.45, 2.75) is 0 Å². The second-order valence-electron chi connectivity index (χ2n) is 2.18. The van der Waals surface area contributed by atoms with Gasteiger partial charge in [-0.05, 0) is 12.1 Å². The molecule has 0 bridgehead atoms. The van der Waals surface area contributed by atoms with E-state index < -0.39 is 11.6 Å². The Bertz CT molecular complexity index is 440. The number of rotatable bonds is 0. The third-order valence-corrected chi connectivity index (χ3v) is 2.59. The molecule has 0 aliphatic rings. The van der Waals surface area contributed by atoms with E-state index in [2.05, 4.69) is 4.98 Å². The van der Waals surface area contributed by atoms with Crippen LogP contribution in [0.4, 0.5) is 8.78 Å². The van der Waals surface area contributed by atoms with Crippen molar-refractivity contribution in [1.29, 1.82) is 0 Å². The third-order valence-electron chi connectivity index (χ3n) is 1.42. The minimum atomic E-state index is -0.878. The van der Waals surface area contributed by atoms with E-state index in [9.17, 15) is 8.78 Å².